The van der Waals surface area contributed by atoms with Gasteiger partial charge in [-0.05, 0) is 54.2 Å². The smallest absolute Gasteiger partial charge is 0.113 e. The van der Waals surface area contributed by atoms with Crippen LogP contribution in [-0.2, 0) is 0 Å². The van der Waals surface area contributed by atoms with Crippen molar-refractivity contribution in [1.82, 2.24) is 4.90 Å². The zero-order valence-corrected chi connectivity index (χ0v) is 20.0. The van der Waals surface area contributed by atoms with Crippen molar-refractivity contribution >= 4 is 23.2 Å². The molecule has 0 amide bonds. The lowest BCUT2D eigenvalue weighted by atomic mass is 9.66. The molecule has 1 heterocycles. The minimum absolute atomic E-state index is 0.0365. The molecule has 0 aliphatic carbocycles. The first-order chi connectivity index (χ1) is 14.7. The lowest BCUT2D eigenvalue weighted by Crippen LogP contribution is -2.60. The van der Waals surface area contributed by atoms with Crippen molar-refractivity contribution < 1.29 is 10.2 Å². The van der Waals surface area contributed by atoms with Crippen molar-refractivity contribution in [2.75, 3.05) is 6.61 Å². The molecule has 3 nitrogen and oxygen atoms in total. The van der Waals surface area contributed by atoms with E-state index in [9.17, 15) is 10.2 Å². The van der Waals surface area contributed by atoms with E-state index < -0.39 is 11.6 Å². The Morgan fingerprint density at radius 3 is 2.35 bits per heavy atom. The average Bonchev–Trinajstić information content (AvgIpc) is 2.72. The van der Waals surface area contributed by atoms with E-state index in [1.54, 1.807) is 0 Å². The highest BCUT2D eigenvalue weighted by atomic mass is 35.5. The number of hydrogen-bond acceptors (Lipinski definition) is 3. The third kappa shape index (κ3) is 5.02. The van der Waals surface area contributed by atoms with Crippen molar-refractivity contribution in [3.8, 4) is 0 Å². The van der Waals surface area contributed by atoms with Crippen LogP contribution in [0.2, 0.25) is 10.0 Å². The number of aliphatic hydroxyl groups is 2. The Balaban J connectivity index is 2.23. The van der Waals surface area contributed by atoms with Crippen molar-refractivity contribution in [2.45, 2.75) is 57.8 Å². The third-order valence-electron chi connectivity index (χ3n) is 6.73. The maximum Gasteiger partial charge on any atom is 0.113 e. The molecule has 2 aromatic rings. The van der Waals surface area contributed by atoms with Gasteiger partial charge in [-0.3, -0.25) is 4.90 Å². The molecule has 2 unspecified atom stereocenters. The third-order valence-corrected chi connectivity index (χ3v) is 7.22. The summed E-state index contributed by atoms with van der Waals surface area (Å²) < 4.78 is 0. The van der Waals surface area contributed by atoms with E-state index in [-0.39, 0.29) is 30.5 Å². The summed E-state index contributed by atoms with van der Waals surface area (Å²) in [4.78, 5) is 2.12. The molecule has 5 heteroatoms. The molecule has 1 saturated heterocycles. The molecule has 3 rings (SSSR count). The normalized spacial score (nSPS) is 27.9. The van der Waals surface area contributed by atoms with E-state index in [2.05, 4.69) is 38.3 Å². The van der Waals surface area contributed by atoms with Gasteiger partial charge >= 0.3 is 0 Å². The summed E-state index contributed by atoms with van der Waals surface area (Å²) in [5.41, 5.74) is 1.77. The van der Waals surface area contributed by atoms with E-state index in [0.29, 0.717) is 16.5 Å². The van der Waals surface area contributed by atoms with Crippen molar-refractivity contribution in [2.24, 2.45) is 11.3 Å². The highest BCUT2D eigenvalue weighted by Crippen LogP contribution is 2.54. The number of allylic oxidation sites excluding steroid dienone is 1. The maximum atomic E-state index is 11.7. The Morgan fingerprint density at radius 1 is 1.13 bits per heavy atom. The van der Waals surface area contributed by atoms with Crippen molar-refractivity contribution in [3.05, 3.63) is 82.4 Å². The van der Waals surface area contributed by atoms with Crippen LogP contribution in [0.25, 0.3) is 0 Å². The van der Waals surface area contributed by atoms with E-state index >= 15 is 0 Å². The first-order valence-corrected chi connectivity index (χ1v) is 11.7. The van der Waals surface area contributed by atoms with Gasteiger partial charge < -0.3 is 10.2 Å². The van der Waals surface area contributed by atoms with Crippen LogP contribution >= 0.6 is 23.2 Å². The standard InChI is InChI=1S/C26H33Cl2NO2/c1-5-13-26(4)15-22(19-7-6-8-21(28)14-19)24(18-9-11-20(27)12-10-18)29(25(26)31)23(16-30)17(2)3/h5-12,14,17,22-25,30-31H,1,13,15-16H2,2-4H3/t22-,23?,24-,25?,26+/m1/s1. The largest absolute Gasteiger partial charge is 0.395 e. The van der Waals surface area contributed by atoms with Crippen molar-refractivity contribution in [3.63, 3.8) is 0 Å². The molecule has 1 fully saturated rings. The molecule has 5 atom stereocenters. The van der Waals surface area contributed by atoms with Gasteiger partial charge in [-0.1, -0.05) is 74.3 Å². The van der Waals surface area contributed by atoms with Gasteiger partial charge in [-0.25, -0.2) is 0 Å². The topological polar surface area (TPSA) is 43.7 Å². The number of halogens is 2. The molecule has 2 aromatic carbocycles. The summed E-state index contributed by atoms with van der Waals surface area (Å²) in [6, 6.07) is 15.5. The Hall–Kier alpha value is -1.36. The van der Waals surface area contributed by atoms with Gasteiger partial charge in [0.15, 0.2) is 0 Å². The average molecular weight is 462 g/mol. The fourth-order valence-corrected chi connectivity index (χ4v) is 5.42. The molecular formula is C26H33Cl2NO2. The molecule has 0 aromatic heterocycles. The van der Waals surface area contributed by atoms with Crippen LogP contribution in [0.15, 0.2) is 61.2 Å². The lowest BCUT2D eigenvalue weighted by Gasteiger charge is -2.56. The predicted octanol–water partition coefficient (Wildman–Crippen LogP) is 6.44. The molecule has 1 aliphatic heterocycles. The zero-order valence-electron chi connectivity index (χ0n) is 18.5. The molecule has 2 N–H and O–H groups in total. The summed E-state index contributed by atoms with van der Waals surface area (Å²) in [5.74, 6) is 0.224. The van der Waals surface area contributed by atoms with Gasteiger partial charge in [-0.15, -0.1) is 6.58 Å². The second-order valence-electron chi connectivity index (χ2n) is 9.32. The number of rotatable bonds is 7. The van der Waals surface area contributed by atoms with Crippen LogP contribution in [0, 0.1) is 11.3 Å². The van der Waals surface area contributed by atoms with Gasteiger partial charge in [0, 0.05) is 33.5 Å². The highest BCUT2D eigenvalue weighted by Gasteiger charge is 2.51. The van der Waals surface area contributed by atoms with E-state index in [1.165, 1.54) is 0 Å². The minimum atomic E-state index is -0.735. The fourth-order valence-electron chi connectivity index (χ4n) is 5.10. The molecule has 0 radical (unpaired) electrons. The lowest BCUT2D eigenvalue weighted by molar-refractivity contribution is -0.177. The number of benzene rings is 2. The molecule has 168 valence electrons. The van der Waals surface area contributed by atoms with Gasteiger partial charge in [0.05, 0.1) is 6.61 Å². The Morgan fingerprint density at radius 2 is 1.81 bits per heavy atom. The van der Waals surface area contributed by atoms with Gasteiger partial charge in [0.25, 0.3) is 0 Å². The molecule has 1 aliphatic rings. The highest BCUT2D eigenvalue weighted by molar-refractivity contribution is 6.30. The molecule has 31 heavy (non-hydrogen) atoms. The number of hydrogen-bond donors (Lipinski definition) is 2. The quantitative estimate of drug-likeness (QED) is 0.466. The molecule has 0 saturated carbocycles. The van der Waals surface area contributed by atoms with Crippen LogP contribution in [-0.4, -0.2) is 34.0 Å². The van der Waals surface area contributed by atoms with Gasteiger partial charge in [-0.2, -0.15) is 0 Å². The summed E-state index contributed by atoms with van der Waals surface area (Å²) in [5, 5.41) is 23.4. The van der Waals surface area contributed by atoms with E-state index in [0.717, 1.165) is 17.5 Å². The predicted molar refractivity (Wildman–Crippen MR) is 129 cm³/mol. The summed E-state index contributed by atoms with van der Waals surface area (Å²) in [6.45, 7) is 10.2. The summed E-state index contributed by atoms with van der Waals surface area (Å²) >= 11 is 12.6. The van der Waals surface area contributed by atoms with Gasteiger partial charge in [0.2, 0.25) is 0 Å². The van der Waals surface area contributed by atoms with Crippen LogP contribution < -0.4 is 0 Å². The fraction of sp³-hybridized carbons (Fsp3) is 0.462. The van der Waals surface area contributed by atoms with E-state index in [1.807, 2.05) is 48.5 Å². The Bertz CT molecular complexity index is 885. The van der Waals surface area contributed by atoms with Crippen LogP contribution in [0.5, 0.6) is 0 Å². The second-order valence-corrected chi connectivity index (χ2v) is 10.2. The zero-order chi connectivity index (χ0) is 22.8. The molecule has 0 spiro atoms. The first kappa shape index (κ1) is 24.3. The van der Waals surface area contributed by atoms with Crippen LogP contribution in [0.4, 0.5) is 0 Å². The van der Waals surface area contributed by atoms with Gasteiger partial charge in [0.1, 0.15) is 6.23 Å². The van der Waals surface area contributed by atoms with E-state index in [4.69, 9.17) is 23.2 Å². The number of likely N-dealkylation sites (tertiary alicyclic amines) is 1. The minimum Gasteiger partial charge on any atom is -0.395 e. The summed E-state index contributed by atoms with van der Waals surface area (Å²) in [6.07, 6.45) is 2.58. The number of aliphatic hydroxyl groups excluding tert-OH is 2. The Labute approximate surface area is 196 Å². The van der Waals surface area contributed by atoms with Crippen LogP contribution in [0.3, 0.4) is 0 Å². The SMILES string of the molecule is C=CC[C@@]1(C)C[C@H](c2cccc(Cl)c2)[C@@H](c2ccc(Cl)cc2)N(C(CO)C(C)C)C1O. The molecular weight excluding hydrogens is 429 g/mol. The first-order valence-electron chi connectivity index (χ1n) is 10.9. The molecule has 0 bridgehead atoms. The number of nitrogens with zero attached hydrogens (tertiary/aromatic N) is 1. The monoisotopic (exact) mass is 461 g/mol. The Kier molecular flexibility index (Phi) is 7.88. The van der Waals surface area contributed by atoms with Crippen molar-refractivity contribution in [1.29, 1.82) is 0 Å². The number of piperidine rings is 1. The second kappa shape index (κ2) is 10.1. The van der Waals surface area contributed by atoms with Crippen LogP contribution in [0.1, 0.15) is 56.7 Å². The maximum absolute atomic E-state index is 11.7. The summed E-state index contributed by atoms with van der Waals surface area (Å²) in [7, 11) is 0.